The van der Waals surface area contributed by atoms with Crippen LogP contribution in [0.1, 0.15) is 23.1 Å². The fourth-order valence-corrected chi connectivity index (χ4v) is 4.09. The number of carbonyl (C=O) groups is 1. The van der Waals surface area contributed by atoms with E-state index < -0.39 is 28.1 Å². The van der Waals surface area contributed by atoms with Crippen LogP contribution in [0.2, 0.25) is 0 Å². The van der Waals surface area contributed by atoms with E-state index in [-0.39, 0.29) is 10.6 Å². The molecule has 0 spiro atoms. The lowest BCUT2D eigenvalue weighted by Crippen LogP contribution is -2.45. The molecule has 3 N–H and O–H groups in total. The zero-order chi connectivity index (χ0) is 19.5. The second kappa shape index (κ2) is 7.85. The number of aromatic nitrogens is 2. The summed E-state index contributed by atoms with van der Waals surface area (Å²) in [5.74, 6) is -0.364. The van der Waals surface area contributed by atoms with Crippen molar-refractivity contribution in [2.75, 3.05) is 14.2 Å². The minimum absolute atomic E-state index is 0.0756. The Morgan fingerprint density at radius 3 is 2.31 bits per heavy atom. The summed E-state index contributed by atoms with van der Waals surface area (Å²) in [5.41, 5.74) is 0.889. The van der Waals surface area contributed by atoms with Gasteiger partial charge in [0.1, 0.15) is 22.8 Å². The second-order valence-corrected chi connectivity index (χ2v) is 7.25. The van der Waals surface area contributed by atoms with Gasteiger partial charge in [0.2, 0.25) is 10.0 Å². The smallest absolute Gasteiger partial charge is 0.326 e. The quantitative estimate of drug-likeness (QED) is 0.596. The molecule has 142 valence electrons. The number of carbonyl (C=O) groups excluding carboxylic acids is 1. The number of aromatic amines is 1. The largest absolute Gasteiger partial charge is 0.497 e. The predicted octanol–water partition coefficient (Wildman–Crippen LogP) is 0.589. The van der Waals surface area contributed by atoms with E-state index in [9.17, 15) is 18.3 Å². The van der Waals surface area contributed by atoms with Gasteiger partial charge in [0.15, 0.2) is 0 Å². The van der Waals surface area contributed by atoms with Gasteiger partial charge in [-0.2, -0.15) is 9.82 Å². The van der Waals surface area contributed by atoms with Crippen molar-refractivity contribution in [3.05, 3.63) is 41.2 Å². The maximum atomic E-state index is 12.7. The third-order valence-electron chi connectivity index (χ3n) is 3.84. The third kappa shape index (κ3) is 4.03. The fraction of sp³-hybridized carbons (Fsp3) is 0.375. The summed E-state index contributed by atoms with van der Waals surface area (Å²) in [6.45, 7) is 3.06. The monoisotopic (exact) mass is 383 g/mol. The number of H-pyrrole nitrogens is 1. The highest BCUT2D eigenvalue weighted by molar-refractivity contribution is 7.89. The van der Waals surface area contributed by atoms with E-state index in [4.69, 9.17) is 4.74 Å². The van der Waals surface area contributed by atoms with Gasteiger partial charge in [0.05, 0.1) is 25.6 Å². The molecule has 0 aliphatic carbocycles. The van der Waals surface area contributed by atoms with E-state index >= 15 is 0 Å². The highest BCUT2D eigenvalue weighted by Crippen LogP contribution is 2.24. The number of hydrogen-bond donors (Lipinski definition) is 3. The van der Waals surface area contributed by atoms with Gasteiger partial charge in [-0.1, -0.05) is 12.1 Å². The van der Waals surface area contributed by atoms with Gasteiger partial charge < -0.3 is 14.6 Å². The maximum Gasteiger partial charge on any atom is 0.326 e. The molecule has 2 aromatic rings. The topological polar surface area (TPSA) is 131 Å². The summed E-state index contributed by atoms with van der Waals surface area (Å²) in [6.07, 6.45) is -1.46. The van der Waals surface area contributed by atoms with Crippen molar-refractivity contribution in [1.29, 1.82) is 0 Å². The molecule has 0 aliphatic rings. The molecule has 0 aliphatic heterocycles. The number of esters is 1. The van der Waals surface area contributed by atoms with E-state index in [2.05, 4.69) is 19.7 Å². The van der Waals surface area contributed by atoms with Crippen LogP contribution >= 0.6 is 0 Å². The Balaban J connectivity index is 2.36. The number of sulfonamides is 1. The van der Waals surface area contributed by atoms with Gasteiger partial charge >= 0.3 is 5.97 Å². The maximum absolute atomic E-state index is 12.7. The molecule has 26 heavy (non-hydrogen) atoms. The van der Waals surface area contributed by atoms with Crippen LogP contribution in [-0.2, 0) is 19.6 Å². The van der Waals surface area contributed by atoms with E-state index in [1.54, 1.807) is 19.1 Å². The number of ether oxygens (including phenoxy) is 2. The summed E-state index contributed by atoms with van der Waals surface area (Å²) in [6, 6.07) is 4.70. The normalized spacial score (nSPS) is 13.9. The number of aliphatic hydroxyl groups excluding tert-OH is 1. The van der Waals surface area contributed by atoms with E-state index in [0.717, 1.165) is 7.11 Å². The third-order valence-corrected chi connectivity index (χ3v) is 5.54. The Bertz CT molecular complexity index is 856. The van der Waals surface area contributed by atoms with Crippen molar-refractivity contribution in [3.63, 3.8) is 0 Å². The highest BCUT2D eigenvalue weighted by Gasteiger charge is 2.35. The SMILES string of the molecule is COC(=O)C(NS(=O)(=O)c1c(C)n[nH]c1C)C(O)c1ccc(OC)cc1. The van der Waals surface area contributed by atoms with Gasteiger partial charge in [-0.15, -0.1) is 0 Å². The minimum Gasteiger partial charge on any atom is -0.497 e. The average Bonchev–Trinajstić information content (AvgIpc) is 2.97. The van der Waals surface area contributed by atoms with Crippen LogP contribution in [0.15, 0.2) is 29.2 Å². The zero-order valence-corrected chi connectivity index (χ0v) is 15.6. The predicted molar refractivity (Wildman–Crippen MR) is 92.1 cm³/mol. The Hall–Kier alpha value is -2.43. The molecule has 2 atom stereocenters. The number of rotatable bonds is 7. The number of hydrogen-bond acceptors (Lipinski definition) is 7. The first-order valence-electron chi connectivity index (χ1n) is 7.65. The Morgan fingerprint density at radius 1 is 1.23 bits per heavy atom. The van der Waals surface area contributed by atoms with Crippen LogP contribution in [0.3, 0.4) is 0 Å². The molecule has 0 saturated heterocycles. The molecule has 1 aromatic carbocycles. The Labute approximate surface area is 151 Å². The molecule has 2 rings (SSSR count). The minimum atomic E-state index is -4.13. The lowest BCUT2D eigenvalue weighted by atomic mass is 10.0. The van der Waals surface area contributed by atoms with Crippen molar-refractivity contribution in [1.82, 2.24) is 14.9 Å². The lowest BCUT2D eigenvalue weighted by molar-refractivity contribution is -0.145. The fourth-order valence-electron chi connectivity index (χ4n) is 2.52. The van der Waals surface area contributed by atoms with Gasteiger partial charge in [0.25, 0.3) is 0 Å². The Morgan fingerprint density at radius 2 is 1.85 bits per heavy atom. The van der Waals surface area contributed by atoms with Crippen LogP contribution < -0.4 is 9.46 Å². The molecular weight excluding hydrogens is 362 g/mol. The standard InChI is InChI=1S/C16H21N3O6S/c1-9-15(10(2)18-17-9)26(22,23)19-13(16(21)25-4)14(20)11-5-7-12(24-3)8-6-11/h5-8,13-14,19-20H,1-4H3,(H,17,18). The van der Waals surface area contributed by atoms with Gasteiger partial charge in [0, 0.05) is 0 Å². The van der Waals surface area contributed by atoms with E-state index in [0.29, 0.717) is 17.0 Å². The van der Waals surface area contributed by atoms with Crippen LogP contribution in [0, 0.1) is 13.8 Å². The van der Waals surface area contributed by atoms with E-state index in [1.807, 2.05) is 0 Å². The van der Waals surface area contributed by atoms with Crippen LogP contribution in [0.5, 0.6) is 5.75 Å². The van der Waals surface area contributed by atoms with Crippen LogP contribution in [0.4, 0.5) is 0 Å². The molecule has 0 amide bonds. The lowest BCUT2D eigenvalue weighted by Gasteiger charge is -2.22. The molecule has 9 nitrogen and oxygen atoms in total. The highest BCUT2D eigenvalue weighted by atomic mass is 32.2. The number of aliphatic hydroxyl groups is 1. The molecule has 1 aromatic heterocycles. The van der Waals surface area contributed by atoms with Crippen molar-refractivity contribution in [2.24, 2.45) is 0 Å². The number of benzene rings is 1. The van der Waals surface area contributed by atoms with Crippen molar-refractivity contribution < 1.29 is 27.8 Å². The Kier molecular flexibility index (Phi) is 6.01. The number of aryl methyl sites for hydroxylation is 2. The summed E-state index contributed by atoms with van der Waals surface area (Å²) in [7, 11) is -1.53. The zero-order valence-electron chi connectivity index (χ0n) is 14.8. The van der Waals surface area contributed by atoms with Crippen LogP contribution in [-0.4, -0.2) is 50.0 Å². The molecule has 0 saturated carbocycles. The van der Waals surface area contributed by atoms with Crippen molar-refractivity contribution in [3.8, 4) is 5.75 Å². The summed E-state index contributed by atoms with van der Waals surface area (Å²) < 4.78 is 37.3. The molecule has 10 heteroatoms. The number of methoxy groups -OCH3 is 2. The molecule has 0 bridgehead atoms. The molecule has 1 heterocycles. The number of nitrogens with one attached hydrogen (secondary N) is 2. The molecule has 2 unspecified atom stereocenters. The summed E-state index contributed by atoms with van der Waals surface area (Å²) in [4.78, 5) is 12.0. The summed E-state index contributed by atoms with van der Waals surface area (Å²) in [5, 5.41) is 17.0. The first kappa shape index (κ1) is 19.9. The molecule has 0 radical (unpaired) electrons. The van der Waals surface area contributed by atoms with Gasteiger partial charge in [-0.3, -0.25) is 9.89 Å². The average molecular weight is 383 g/mol. The van der Waals surface area contributed by atoms with E-state index in [1.165, 1.54) is 26.2 Å². The molecular formula is C16H21N3O6S. The first-order valence-corrected chi connectivity index (χ1v) is 9.13. The molecule has 0 fully saturated rings. The van der Waals surface area contributed by atoms with Gasteiger partial charge in [-0.25, -0.2) is 8.42 Å². The van der Waals surface area contributed by atoms with Crippen molar-refractivity contribution in [2.45, 2.75) is 30.9 Å². The summed E-state index contributed by atoms with van der Waals surface area (Å²) >= 11 is 0. The van der Waals surface area contributed by atoms with Crippen LogP contribution in [0.25, 0.3) is 0 Å². The second-order valence-electron chi connectivity index (χ2n) is 5.60. The van der Waals surface area contributed by atoms with Gasteiger partial charge in [-0.05, 0) is 31.5 Å². The van der Waals surface area contributed by atoms with Crippen molar-refractivity contribution >= 4 is 16.0 Å². The number of nitrogens with zero attached hydrogens (tertiary/aromatic N) is 1. The first-order chi connectivity index (χ1) is 12.2.